The van der Waals surface area contributed by atoms with Crippen molar-refractivity contribution in [1.82, 2.24) is 10.2 Å². The van der Waals surface area contributed by atoms with Gasteiger partial charge in [0, 0.05) is 18.3 Å². The Balaban J connectivity index is 1.43. The van der Waals surface area contributed by atoms with Crippen molar-refractivity contribution in [2.75, 3.05) is 25.4 Å². The lowest BCUT2D eigenvalue weighted by Crippen LogP contribution is -2.56. The molecule has 0 amide bonds. The number of nitrogens with zero attached hydrogens (tertiary/aromatic N) is 2. The van der Waals surface area contributed by atoms with Crippen molar-refractivity contribution in [3.05, 3.63) is 35.9 Å². The van der Waals surface area contributed by atoms with E-state index in [1.807, 2.05) is 11.8 Å². The zero-order chi connectivity index (χ0) is 13.4. The molecular formula is C16H21N3S. The van der Waals surface area contributed by atoms with Gasteiger partial charge in [-0.05, 0) is 37.4 Å². The van der Waals surface area contributed by atoms with Crippen molar-refractivity contribution in [2.24, 2.45) is 10.9 Å². The van der Waals surface area contributed by atoms with E-state index in [1.54, 1.807) is 0 Å². The summed E-state index contributed by atoms with van der Waals surface area (Å²) in [5.41, 5.74) is 1.34. The second-order valence-corrected chi connectivity index (χ2v) is 7.07. The Morgan fingerprint density at radius 1 is 1.15 bits per heavy atom. The van der Waals surface area contributed by atoms with Crippen molar-refractivity contribution in [3.8, 4) is 0 Å². The van der Waals surface area contributed by atoms with Gasteiger partial charge in [0.05, 0.1) is 6.04 Å². The van der Waals surface area contributed by atoms with Gasteiger partial charge in [-0.1, -0.05) is 42.1 Å². The maximum absolute atomic E-state index is 4.89. The summed E-state index contributed by atoms with van der Waals surface area (Å²) in [7, 11) is 0. The molecule has 2 atom stereocenters. The van der Waals surface area contributed by atoms with E-state index >= 15 is 0 Å². The number of amidine groups is 1. The van der Waals surface area contributed by atoms with Crippen LogP contribution in [0.5, 0.6) is 0 Å². The molecule has 4 aliphatic heterocycles. The van der Waals surface area contributed by atoms with E-state index in [0.717, 1.165) is 16.8 Å². The molecule has 3 fully saturated rings. The molecule has 4 heteroatoms. The standard InChI is InChI=1S/C16H21N3S/c1-2-4-12(5-3-1)15-11-20-16(18-15)17-14-10-19-8-6-13(14)7-9-19/h1-5,13-15H,6-11H2,(H,17,18). The quantitative estimate of drug-likeness (QED) is 0.906. The van der Waals surface area contributed by atoms with E-state index in [4.69, 9.17) is 4.99 Å². The number of thioether (sulfide) groups is 1. The molecule has 4 aliphatic rings. The highest BCUT2D eigenvalue weighted by molar-refractivity contribution is 8.14. The average molecular weight is 287 g/mol. The predicted octanol–water partition coefficient (Wildman–Crippen LogP) is 2.51. The molecule has 20 heavy (non-hydrogen) atoms. The second kappa shape index (κ2) is 5.41. The number of benzene rings is 1. The number of nitrogens with one attached hydrogen (secondary N) is 1. The van der Waals surface area contributed by atoms with Crippen molar-refractivity contribution in [3.63, 3.8) is 0 Å². The van der Waals surface area contributed by atoms with E-state index < -0.39 is 0 Å². The van der Waals surface area contributed by atoms with Crippen LogP contribution < -0.4 is 5.32 Å². The normalized spacial score (nSPS) is 35.9. The largest absolute Gasteiger partial charge is 0.361 e. The molecule has 106 valence electrons. The summed E-state index contributed by atoms with van der Waals surface area (Å²) in [4.78, 5) is 7.48. The Kier molecular flexibility index (Phi) is 3.44. The molecule has 3 nitrogen and oxygen atoms in total. The van der Waals surface area contributed by atoms with Crippen LogP contribution in [0.2, 0.25) is 0 Å². The maximum atomic E-state index is 4.89. The first-order valence-corrected chi connectivity index (χ1v) is 8.61. The van der Waals surface area contributed by atoms with Crippen LogP contribution in [0.4, 0.5) is 0 Å². The molecule has 5 rings (SSSR count). The van der Waals surface area contributed by atoms with Crippen molar-refractivity contribution in [1.29, 1.82) is 0 Å². The van der Waals surface area contributed by atoms with Gasteiger partial charge in [-0.15, -0.1) is 0 Å². The third kappa shape index (κ3) is 2.47. The summed E-state index contributed by atoms with van der Waals surface area (Å²) in [5.74, 6) is 1.94. The molecular weight excluding hydrogens is 266 g/mol. The number of aliphatic imine (C=N–C) groups is 1. The van der Waals surface area contributed by atoms with Crippen LogP contribution in [0.25, 0.3) is 0 Å². The van der Waals surface area contributed by atoms with Crippen LogP contribution in [-0.4, -0.2) is 41.5 Å². The monoisotopic (exact) mass is 287 g/mol. The maximum Gasteiger partial charge on any atom is 0.157 e. The van der Waals surface area contributed by atoms with E-state index in [2.05, 4.69) is 40.5 Å². The topological polar surface area (TPSA) is 27.6 Å². The fraction of sp³-hybridized carbons (Fsp3) is 0.562. The summed E-state index contributed by atoms with van der Waals surface area (Å²) in [6.07, 6.45) is 2.72. The molecule has 4 heterocycles. The van der Waals surface area contributed by atoms with Crippen LogP contribution in [0.1, 0.15) is 24.4 Å². The first-order chi connectivity index (χ1) is 9.88. The molecule has 2 unspecified atom stereocenters. The number of fused-ring (bicyclic) bond motifs is 3. The first kappa shape index (κ1) is 12.7. The van der Waals surface area contributed by atoms with Gasteiger partial charge < -0.3 is 10.2 Å². The van der Waals surface area contributed by atoms with Crippen LogP contribution in [0.3, 0.4) is 0 Å². The summed E-state index contributed by atoms with van der Waals surface area (Å²) in [5, 5.41) is 4.88. The minimum absolute atomic E-state index is 0.338. The number of piperidine rings is 3. The zero-order valence-electron chi connectivity index (χ0n) is 11.7. The molecule has 0 saturated carbocycles. The van der Waals surface area contributed by atoms with Gasteiger partial charge in [0.2, 0.25) is 0 Å². The molecule has 1 aromatic carbocycles. The van der Waals surface area contributed by atoms with Crippen LogP contribution in [-0.2, 0) is 0 Å². The highest BCUT2D eigenvalue weighted by Crippen LogP contribution is 2.32. The van der Waals surface area contributed by atoms with Crippen molar-refractivity contribution in [2.45, 2.75) is 24.9 Å². The van der Waals surface area contributed by atoms with Crippen molar-refractivity contribution < 1.29 is 0 Å². The second-order valence-electron chi connectivity index (χ2n) is 6.06. The third-order valence-corrected chi connectivity index (χ3v) is 5.78. The summed E-state index contributed by atoms with van der Waals surface area (Å²) < 4.78 is 0. The first-order valence-electron chi connectivity index (χ1n) is 7.63. The van der Waals surface area contributed by atoms with Gasteiger partial charge in [-0.2, -0.15) is 0 Å². The van der Waals surface area contributed by atoms with Gasteiger partial charge in [0.1, 0.15) is 0 Å². The molecule has 0 spiro atoms. The molecule has 3 saturated heterocycles. The van der Waals surface area contributed by atoms with E-state index in [-0.39, 0.29) is 0 Å². The molecule has 0 radical (unpaired) electrons. The fourth-order valence-electron chi connectivity index (χ4n) is 3.59. The van der Waals surface area contributed by atoms with E-state index in [0.29, 0.717) is 12.1 Å². The van der Waals surface area contributed by atoms with Gasteiger partial charge in [-0.3, -0.25) is 4.99 Å². The SMILES string of the molecule is c1ccc(C2CSC(NC3CN4CCC3CC4)=N2)cc1. The van der Waals surface area contributed by atoms with Crippen LogP contribution in [0, 0.1) is 5.92 Å². The molecule has 0 aliphatic carbocycles. The van der Waals surface area contributed by atoms with Gasteiger partial charge in [0.25, 0.3) is 0 Å². The highest BCUT2D eigenvalue weighted by atomic mass is 32.2. The minimum atomic E-state index is 0.338. The Hall–Kier alpha value is -1.00. The Morgan fingerprint density at radius 3 is 2.65 bits per heavy atom. The average Bonchev–Trinajstić information content (AvgIpc) is 2.98. The molecule has 1 aromatic rings. The molecule has 2 bridgehead atoms. The highest BCUT2D eigenvalue weighted by Gasteiger charge is 2.35. The number of hydrogen-bond donors (Lipinski definition) is 1. The minimum Gasteiger partial charge on any atom is -0.361 e. The number of hydrogen-bond acceptors (Lipinski definition) is 4. The zero-order valence-corrected chi connectivity index (χ0v) is 12.5. The lowest BCUT2D eigenvalue weighted by molar-refractivity contribution is 0.0816. The third-order valence-electron chi connectivity index (χ3n) is 4.80. The van der Waals surface area contributed by atoms with Gasteiger partial charge in [0.15, 0.2) is 5.17 Å². The van der Waals surface area contributed by atoms with Gasteiger partial charge >= 0.3 is 0 Å². The summed E-state index contributed by atoms with van der Waals surface area (Å²) in [6, 6.07) is 11.6. The Bertz CT molecular complexity index is 494. The van der Waals surface area contributed by atoms with Crippen LogP contribution >= 0.6 is 11.8 Å². The summed E-state index contributed by atoms with van der Waals surface area (Å²) in [6.45, 7) is 3.81. The predicted molar refractivity (Wildman–Crippen MR) is 85.2 cm³/mol. The number of rotatable bonds is 2. The molecule has 0 aromatic heterocycles. The van der Waals surface area contributed by atoms with Gasteiger partial charge in [-0.25, -0.2) is 0 Å². The fourth-order valence-corrected chi connectivity index (χ4v) is 4.61. The molecule has 1 N–H and O–H groups in total. The lowest BCUT2D eigenvalue weighted by atomic mass is 9.84. The van der Waals surface area contributed by atoms with Crippen molar-refractivity contribution >= 4 is 16.9 Å². The Labute approximate surface area is 124 Å². The lowest BCUT2D eigenvalue weighted by Gasteiger charge is -2.45. The van der Waals surface area contributed by atoms with E-state index in [9.17, 15) is 0 Å². The van der Waals surface area contributed by atoms with Crippen LogP contribution in [0.15, 0.2) is 35.3 Å². The summed E-state index contributed by atoms with van der Waals surface area (Å²) >= 11 is 1.89. The smallest absolute Gasteiger partial charge is 0.157 e. The Morgan fingerprint density at radius 2 is 1.95 bits per heavy atom. The van der Waals surface area contributed by atoms with E-state index in [1.165, 1.54) is 38.0 Å².